The molecule has 0 aromatic carbocycles. The molecule has 0 aromatic rings. The van der Waals surface area contributed by atoms with Gasteiger partial charge in [-0.25, -0.2) is 0 Å². The number of carbonyl (C=O) groups is 1. The Morgan fingerprint density at radius 3 is 2.10 bits per heavy atom. The molecule has 1 rings (SSSR count). The largest absolute Gasteiger partial charge is 0.409 e. The maximum absolute atomic E-state index is 12.4. The van der Waals surface area contributed by atoms with Gasteiger partial charge >= 0.3 is 12.4 Å². The molecular formula is C11H16F6N2O. The molecule has 0 aliphatic carbocycles. The van der Waals surface area contributed by atoms with Gasteiger partial charge in [-0.1, -0.05) is 6.42 Å². The monoisotopic (exact) mass is 306 g/mol. The van der Waals surface area contributed by atoms with Crippen LogP contribution < -0.4 is 10.6 Å². The van der Waals surface area contributed by atoms with Gasteiger partial charge in [0.2, 0.25) is 11.8 Å². The summed E-state index contributed by atoms with van der Waals surface area (Å²) in [5.74, 6) is -6.04. The van der Waals surface area contributed by atoms with E-state index < -0.39 is 30.2 Å². The minimum Gasteiger partial charge on any atom is -0.351 e. The second kappa shape index (κ2) is 6.19. The van der Waals surface area contributed by atoms with Crippen molar-refractivity contribution in [3.05, 3.63) is 0 Å². The molecule has 1 heterocycles. The van der Waals surface area contributed by atoms with Crippen molar-refractivity contribution in [2.24, 2.45) is 5.92 Å². The average molecular weight is 306 g/mol. The fourth-order valence-electron chi connectivity index (χ4n) is 2.20. The number of amides is 1. The molecule has 0 radical (unpaired) electrons. The van der Waals surface area contributed by atoms with Gasteiger partial charge in [0.25, 0.3) is 0 Å². The number of piperidine rings is 1. The number of hydrogen-bond donors (Lipinski definition) is 2. The number of halogens is 6. The Balaban J connectivity index is 2.71. The lowest BCUT2D eigenvalue weighted by atomic mass is 9.98. The van der Waals surface area contributed by atoms with Gasteiger partial charge in [0.1, 0.15) is 0 Å². The quantitative estimate of drug-likeness (QED) is 0.786. The van der Waals surface area contributed by atoms with Crippen molar-refractivity contribution in [2.45, 2.75) is 50.6 Å². The smallest absolute Gasteiger partial charge is 0.351 e. The first-order chi connectivity index (χ1) is 9.03. The Morgan fingerprint density at radius 1 is 1.15 bits per heavy atom. The van der Waals surface area contributed by atoms with Gasteiger partial charge in [-0.05, 0) is 26.3 Å². The fourth-order valence-corrected chi connectivity index (χ4v) is 2.20. The lowest BCUT2D eigenvalue weighted by Crippen LogP contribution is -2.55. The molecule has 0 spiro atoms. The van der Waals surface area contributed by atoms with Crippen LogP contribution in [-0.2, 0) is 4.79 Å². The highest BCUT2D eigenvalue weighted by molar-refractivity contribution is 5.80. The molecule has 0 aromatic heterocycles. The first kappa shape index (κ1) is 17.1. The molecule has 20 heavy (non-hydrogen) atoms. The number of rotatable bonds is 3. The van der Waals surface area contributed by atoms with Gasteiger partial charge < -0.3 is 10.6 Å². The minimum absolute atomic E-state index is 0.310. The molecule has 3 nitrogen and oxygen atoms in total. The van der Waals surface area contributed by atoms with Gasteiger partial charge in [-0.15, -0.1) is 0 Å². The van der Waals surface area contributed by atoms with Crippen LogP contribution in [0.3, 0.4) is 0 Å². The van der Waals surface area contributed by atoms with Crippen LogP contribution in [0.5, 0.6) is 0 Å². The van der Waals surface area contributed by atoms with Gasteiger partial charge in [0.05, 0.1) is 0 Å². The maximum Gasteiger partial charge on any atom is 0.409 e. The maximum atomic E-state index is 12.4. The first-order valence-corrected chi connectivity index (χ1v) is 6.20. The van der Waals surface area contributed by atoms with Crippen molar-refractivity contribution in [2.75, 3.05) is 6.54 Å². The molecule has 1 fully saturated rings. The first-order valence-electron chi connectivity index (χ1n) is 6.20. The molecule has 1 saturated heterocycles. The van der Waals surface area contributed by atoms with Crippen molar-refractivity contribution in [3.8, 4) is 0 Å². The number of alkyl halides is 6. The van der Waals surface area contributed by atoms with E-state index >= 15 is 0 Å². The van der Waals surface area contributed by atoms with Crippen molar-refractivity contribution in [3.63, 3.8) is 0 Å². The van der Waals surface area contributed by atoms with Crippen LogP contribution >= 0.6 is 0 Å². The van der Waals surface area contributed by atoms with Gasteiger partial charge in [0, 0.05) is 12.1 Å². The lowest BCUT2D eigenvalue weighted by Gasteiger charge is -2.31. The predicted octanol–water partition coefficient (Wildman–Crippen LogP) is 2.37. The number of carbonyl (C=O) groups excluding carboxylic acids is 1. The summed E-state index contributed by atoms with van der Waals surface area (Å²) >= 11 is 0. The molecular weight excluding hydrogens is 290 g/mol. The Labute approximate surface area is 112 Å². The summed E-state index contributed by atoms with van der Waals surface area (Å²) in [7, 11) is 0. The van der Waals surface area contributed by atoms with Crippen LogP contribution in [0.25, 0.3) is 0 Å². The second-order valence-corrected chi connectivity index (χ2v) is 4.87. The highest BCUT2D eigenvalue weighted by Gasteiger charge is 2.61. The van der Waals surface area contributed by atoms with E-state index in [2.05, 4.69) is 5.32 Å². The molecule has 0 bridgehead atoms. The fraction of sp³-hybridized carbons (Fsp3) is 0.909. The third kappa shape index (κ3) is 4.53. The molecule has 2 N–H and O–H groups in total. The Kier molecular flexibility index (Phi) is 5.28. The van der Waals surface area contributed by atoms with E-state index in [1.54, 1.807) is 0 Å². The standard InChI is InChI=1S/C11H16F6N2O/c1-6(7-4-2-3-5-18-7)19-9(20)8(10(12,13)14)11(15,16)17/h6-8,18H,2-5H2,1H3,(H,19,20). The third-order valence-electron chi connectivity index (χ3n) is 3.24. The zero-order valence-electron chi connectivity index (χ0n) is 10.7. The van der Waals surface area contributed by atoms with Crippen LogP contribution in [-0.4, -0.2) is 36.9 Å². The van der Waals surface area contributed by atoms with E-state index in [0.717, 1.165) is 12.8 Å². The number of hydrogen-bond acceptors (Lipinski definition) is 2. The van der Waals surface area contributed by atoms with E-state index in [1.807, 2.05) is 5.32 Å². The zero-order chi connectivity index (χ0) is 15.6. The van der Waals surface area contributed by atoms with Gasteiger partial charge in [0.15, 0.2) is 0 Å². The molecule has 0 saturated carbocycles. The van der Waals surface area contributed by atoms with E-state index in [4.69, 9.17) is 0 Å². The summed E-state index contributed by atoms with van der Waals surface area (Å²) in [6, 6.07) is -1.11. The Hall–Kier alpha value is -0.990. The van der Waals surface area contributed by atoms with E-state index in [-0.39, 0.29) is 6.04 Å². The van der Waals surface area contributed by atoms with Crippen LogP contribution in [0, 0.1) is 5.92 Å². The normalized spacial score (nSPS) is 22.7. The second-order valence-electron chi connectivity index (χ2n) is 4.87. The van der Waals surface area contributed by atoms with Crippen molar-refractivity contribution >= 4 is 5.91 Å². The van der Waals surface area contributed by atoms with Crippen molar-refractivity contribution in [1.82, 2.24) is 10.6 Å². The molecule has 1 amide bonds. The Bertz CT molecular complexity index is 321. The van der Waals surface area contributed by atoms with Crippen molar-refractivity contribution in [1.29, 1.82) is 0 Å². The molecule has 1 aliphatic heterocycles. The van der Waals surface area contributed by atoms with Crippen LogP contribution in [0.2, 0.25) is 0 Å². The zero-order valence-corrected chi connectivity index (χ0v) is 10.7. The summed E-state index contributed by atoms with van der Waals surface area (Å²) in [5.41, 5.74) is 0. The average Bonchev–Trinajstić information content (AvgIpc) is 2.25. The van der Waals surface area contributed by atoms with E-state index in [0.29, 0.717) is 13.0 Å². The minimum atomic E-state index is -5.65. The highest BCUT2D eigenvalue weighted by Crippen LogP contribution is 2.39. The lowest BCUT2D eigenvalue weighted by molar-refractivity contribution is -0.274. The molecule has 2 atom stereocenters. The summed E-state index contributed by atoms with van der Waals surface area (Å²) < 4.78 is 74.2. The van der Waals surface area contributed by atoms with Crippen molar-refractivity contribution < 1.29 is 31.1 Å². The van der Waals surface area contributed by atoms with E-state index in [1.165, 1.54) is 6.92 Å². The number of nitrogens with one attached hydrogen (secondary N) is 2. The topological polar surface area (TPSA) is 41.1 Å². The third-order valence-corrected chi connectivity index (χ3v) is 3.24. The van der Waals surface area contributed by atoms with Gasteiger partial charge in [-0.3, -0.25) is 4.79 Å². The summed E-state index contributed by atoms with van der Waals surface area (Å²) in [4.78, 5) is 11.3. The molecule has 118 valence electrons. The predicted molar refractivity (Wildman–Crippen MR) is 58.8 cm³/mol. The van der Waals surface area contributed by atoms with Gasteiger partial charge in [-0.2, -0.15) is 26.3 Å². The summed E-state index contributed by atoms with van der Waals surface area (Å²) in [6.45, 7) is 2.03. The van der Waals surface area contributed by atoms with Crippen LogP contribution in [0.15, 0.2) is 0 Å². The van der Waals surface area contributed by atoms with E-state index in [9.17, 15) is 31.1 Å². The summed E-state index contributed by atoms with van der Waals surface area (Å²) in [6.07, 6.45) is -8.99. The molecule has 9 heteroatoms. The molecule has 2 unspecified atom stereocenters. The van der Waals surface area contributed by atoms with Crippen LogP contribution in [0.4, 0.5) is 26.3 Å². The SMILES string of the molecule is CC(NC(=O)C(C(F)(F)F)C(F)(F)F)C1CCCCN1. The Morgan fingerprint density at radius 2 is 1.70 bits per heavy atom. The summed E-state index contributed by atoms with van der Waals surface area (Å²) in [5, 5.41) is 4.78. The molecule has 1 aliphatic rings. The van der Waals surface area contributed by atoms with Crippen LogP contribution in [0.1, 0.15) is 26.2 Å². The highest BCUT2D eigenvalue weighted by atomic mass is 19.4.